The van der Waals surface area contributed by atoms with Crippen molar-refractivity contribution in [3.63, 3.8) is 0 Å². The summed E-state index contributed by atoms with van der Waals surface area (Å²) in [6.07, 6.45) is 13.7. The molecule has 0 aliphatic rings. The number of allylic oxidation sites excluding steroid dienone is 8. The van der Waals surface area contributed by atoms with Gasteiger partial charge in [-0.05, 0) is 51.3 Å². The first kappa shape index (κ1) is 20.3. The Balaban J connectivity index is 5.31. The Morgan fingerprint density at radius 2 is 1.86 bits per heavy atom. The van der Waals surface area contributed by atoms with Crippen molar-refractivity contribution in [2.45, 2.75) is 46.9 Å². The van der Waals surface area contributed by atoms with Crippen LogP contribution in [0.4, 0.5) is 0 Å². The number of rotatable bonds is 10. The molecule has 0 aromatic heterocycles. The molecule has 0 aromatic rings. The van der Waals surface area contributed by atoms with Crippen LogP contribution in [0.2, 0.25) is 6.32 Å². The van der Waals surface area contributed by atoms with E-state index in [0.29, 0.717) is 0 Å². The Labute approximate surface area is 138 Å². The maximum atomic E-state index is 4.11. The molecule has 0 N–H and O–H groups in total. The highest BCUT2D eigenvalue weighted by Crippen LogP contribution is 2.23. The molecular formula is C20H32BN. The fourth-order valence-corrected chi connectivity index (χ4v) is 2.14. The highest BCUT2D eigenvalue weighted by molar-refractivity contribution is 6.08. The highest BCUT2D eigenvalue weighted by Gasteiger charge is 2.11. The molecule has 0 spiro atoms. The van der Waals surface area contributed by atoms with E-state index in [1.54, 1.807) is 0 Å². The lowest BCUT2D eigenvalue weighted by atomic mass is 9.89. The van der Waals surface area contributed by atoms with Crippen molar-refractivity contribution in [1.82, 2.24) is 4.90 Å². The third kappa shape index (κ3) is 6.84. The fraction of sp³-hybridized carbons (Fsp3) is 0.400. The van der Waals surface area contributed by atoms with E-state index in [-0.39, 0.29) is 0 Å². The van der Waals surface area contributed by atoms with E-state index in [2.05, 4.69) is 65.4 Å². The van der Waals surface area contributed by atoms with Gasteiger partial charge in [-0.15, -0.1) is 0 Å². The third-order valence-electron chi connectivity index (χ3n) is 3.95. The average Bonchev–Trinajstić information content (AvgIpc) is 2.49. The molecule has 0 aliphatic heterocycles. The van der Waals surface area contributed by atoms with Crippen molar-refractivity contribution in [2.24, 2.45) is 5.92 Å². The predicted molar refractivity (Wildman–Crippen MR) is 104 cm³/mol. The van der Waals surface area contributed by atoms with Gasteiger partial charge in [0.15, 0.2) is 0 Å². The van der Waals surface area contributed by atoms with Gasteiger partial charge in [-0.25, -0.2) is 0 Å². The first-order chi connectivity index (χ1) is 10.4. The summed E-state index contributed by atoms with van der Waals surface area (Å²) in [5.74, 6) is 0.776. The second-order valence-corrected chi connectivity index (χ2v) is 5.86. The second-order valence-electron chi connectivity index (χ2n) is 5.86. The van der Waals surface area contributed by atoms with E-state index in [9.17, 15) is 0 Å². The van der Waals surface area contributed by atoms with E-state index in [1.807, 2.05) is 25.2 Å². The molecule has 1 unspecified atom stereocenters. The zero-order chi connectivity index (χ0) is 17.1. The molecule has 1 atom stereocenters. The van der Waals surface area contributed by atoms with Gasteiger partial charge in [-0.2, -0.15) is 0 Å². The number of hydrogen-bond acceptors (Lipinski definition) is 1. The summed E-state index contributed by atoms with van der Waals surface area (Å²) in [6, 6.07) is 0. The number of nitrogens with zero attached hydrogens (tertiary/aromatic N) is 1. The topological polar surface area (TPSA) is 3.24 Å². The van der Waals surface area contributed by atoms with Crippen LogP contribution in [-0.4, -0.2) is 12.7 Å². The molecule has 0 radical (unpaired) electrons. The van der Waals surface area contributed by atoms with E-state index in [4.69, 9.17) is 0 Å². The quantitative estimate of drug-likeness (QED) is 0.386. The van der Waals surface area contributed by atoms with Crippen molar-refractivity contribution in [1.29, 1.82) is 0 Å². The van der Waals surface area contributed by atoms with Gasteiger partial charge in [0, 0.05) is 17.1 Å². The molecule has 0 saturated carbocycles. The molecule has 0 aromatic carbocycles. The Hall–Kier alpha value is -1.70. The van der Waals surface area contributed by atoms with Crippen molar-refractivity contribution < 1.29 is 0 Å². The van der Waals surface area contributed by atoms with E-state index in [0.717, 1.165) is 35.0 Å². The van der Waals surface area contributed by atoms with Gasteiger partial charge in [-0.1, -0.05) is 57.1 Å². The van der Waals surface area contributed by atoms with Gasteiger partial charge in [0.1, 0.15) is 7.85 Å². The summed E-state index contributed by atoms with van der Waals surface area (Å²) in [5, 5.41) is 0. The standard InChI is InChI=1S/C20H32BN/c1-8-12-20(14-11-10-13-17(5)15-21)22(16(3)4)19(7)18(6)9-2/h8-9,11-12,14,17H,1-3,10,13,15,21H2,4-7H3/b14-11-,19-18-,20-12+. The minimum atomic E-state index is 0.776. The summed E-state index contributed by atoms with van der Waals surface area (Å²) >= 11 is 0. The zero-order valence-electron chi connectivity index (χ0n) is 15.2. The summed E-state index contributed by atoms with van der Waals surface area (Å²) in [5.41, 5.74) is 4.36. The van der Waals surface area contributed by atoms with E-state index in [1.165, 1.54) is 12.7 Å². The van der Waals surface area contributed by atoms with Crippen LogP contribution in [0.3, 0.4) is 0 Å². The van der Waals surface area contributed by atoms with Crippen LogP contribution >= 0.6 is 0 Å². The van der Waals surface area contributed by atoms with Gasteiger partial charge in [-0.3, -0.25) is 0 Å². The summed E-state index contributed by atoms with van der Waals surface area (Å²) in [7, 11) is 2.24. The van der Waals surface area contributed by atoms with Crippen LogP contribution in [0.25, 0.3) is 0 Å². The molecule has 120 valence electrons. The SMILES string of the molecule is BCC(C)CC/C=C\C(=C/C=C)N(C(=C)C)/C(C)=C(/C)C=C. The lowest BCUT2D eigenvalue weighted by Gasteiger charge is -2.28. The Morgan fingerprint density at radius 3 is 2.32 bits per heavy atom. The lowest BCUT2D eigenvalue weighted by molar-refractivity contribution is 0.540. The summed E-state index contributed by atoms with van der Waals surface area (Å²) < 4.78 is 0. The molecule has 0 fully saturated rings. The highest BCUT2D eigenvalue weighted by atomic mass is 15.2. The van der Waals surface area contributed by atoms with E-state index >= 15 is 0 Å². The predicted octanol–water partition coefficient (Wildman–Crippen LogP) is 5.40. The van der Waals surface area contributed by atoms with Crippen molar-refractivity contribution in [2.75, 3.05) is 0 Å². The molecule has 1 nitrogen and oxygen atoms in total. The van der Waals surface area contributed by atoms with Gasteiger partial charge in [0.05, 0.1) is 0 Å². The minimum absolute atomic E-state index is 0.776. The van der Waals surface area contributed by atoms with Gasteiger partial charge >= 0.3 is 0 Å². The Kier molecular flexibility index (Phi) is 10.1. The van der Waals surface area contributed by atoms with Crippen molar-refractivity contribution >= 4 is 7.85 Å². The van der Waals surface area contributed by atoms with Crippen LogP contribution in [0, 0.1) is 5.92 Å². The van der Waals surface area contributed by atoms with Crippen LogP contribution in [0.5, 0.6) is 0 Å². The van der Waals surface area contributed by atoms with Gasteiger partial charge < -0.3 is 4.90 Å². The lowest BCUT2D eigenvalue weighted by Crippen LogP contribution is -2.18. The maximum Gasteiger partial charge on any atom is 0.101 e. The van der Waals surface area contributed by atoms with Crippen LogP contribution < -0.4 is 0 Å². The maximum absolute atomic E-state index is 4.11. The molecule has 22 heavy (non-hydrogen) atoms. The Bertz CT molecular complexity index is 480. The first-order valence-electron chi connectivity index (χ1n) is 8.13. The second kappa shape index (κ2) is 11.0. The largest absolute Gasteiger partial charge is 0.319 e. The molecule has 0 amide bonds. The first-order valence-corrected chi connectivity index (χ1v) is 8.13. The van der Waals surface area contributed by atoms with Crippen molar-refractivity contribution in [3.05, 3.63) is 72.8 Å². The van der Waals surface area contributed by atoms with Gasteiger partial charge in [0.2, 0.25) is 0 Å². The smallest absolute Gasteiger partial charge is 0.101 e. The molecule has 0 saturated heterocycles. The summed E-state index contributed by atoms with van der Waals surface area (Å²) in [4.78, 5) is 2.15. The monoisotopic (exact) mass is 297 g/mol. The van der Waals surface area contributed by atoms with Crippen molar-refractivity contribution in [3.8, 4) is 0 Å². The molecule has 2 heteroatoms. The van der Waals surface area contributed by atoms with E-state index < -0.39 is 0 Å². The third-order valence-corrected chi connectivity index (χ3v) is 3.95. The molecule has 0 aliphatic carbocycles. The molecule has 0 rings (SSSR count). The van der Waals surface area contributed by atoms with Crippen LogP contribution in [-0.2, 0) is 0 Å². The Morgan fingerprint density at radius 1 is 1.23 bits per heavy atom. The average molecular weight is 297 g/mol. The van der Waals surface area contributed by atoms with Crippen LogP contribution in [0.15, 0.2) is 72.8 Å². The summed E-state index contributed by atoms with van der Waals surface area (Å²) in [6.45, 7) is 20.3. The normalized spacial score (nSPS) is 14.5. The molecule has 0 heterocycles. The van der Waals surface area contributed by atoms with Crippen LogP contribution in [0.1, 0.15) is 40.5 Å². The zero-order valence-corrected chi connectivity index (χ0v) is 15.2. The molecule has 0 bridgehead atoms. The minimum Gasteiger partial charge on any atom is -0.319 e. The number of hydrogen-bond donors (Lipinski definition) is 0. The molecular weight excluding hydrogens is 265 g/mol. The van der Waals surface area contributed by atoms with Gasteiger partial charge in [0.25, 0.3) is 0 Å². The fourth-order valence-electron chi connectivity index (χ4n) is 2.14.